The van der Waals surface area contributed by atoms with Crippen molar-refractivity contribution in [3.05, 3.63) is 28.8 Å². The molecule has 0 spiro atoms. The van der Waals surface area contributed by atoms with Crippen LogP contribution in [0.4, 0.5) is 10.5 Å². The first-order chi connectivity index (χ1) is 10.1. The van der Waals surface area contributed by atoms with Gasteiger partial charge in [0.25, 0.3) is 0 Å². The predicted octanol–water partition coefficient (Wildman–Crippen LogP) is 4.05. The van der Waals surface area contributed by atoms with Gasteiger partial charge in [-0.1, -0.05) is 23.4 Å². The van der Waals surface area contributed by atoms with Crippen LogP contribution in [0, 0.1) is 17.8 Å². The number of amides is 2. The highest BCUT2D eigenvalue weighted by Crippen LogP contribution is 2.52. The molecule has 2 aliphatic rings. The zero-order chi connectivity index (χ0) is 15.0. The van der Waals surface area contributed by atoms with Crippen molar-refractivity contribution in [1.29, 1.82) is 0 Å². The van der Waals surface area contributed by atoms with Gasteiger partial charge in [0.2, 0.25) is 0 Å². The standard InChI is InChI=1S/C16H16Cl2N2O/c1-20-15(21)19-14-7-6-12(18)10-13(14)16(20,11-4-5-11)8-2-3-9-17/h6-7,10-11H,3-5,9H2,1H3,(H,19,21). The first-order valence-electron chi connectivity index (χ1n) is 7.00. The Hall–Kier alpha value is -1.37. The fraction of sp³-hybridized carbons (Fsp3) is 0.438. The number of nitrogens with zero attached hydrogens (tertiary/aromatic N) is 1. The molecule has 2 amide bonds. The van der Waals surface area contributed by atoms with Crippen molar-refractivity contribution in [2.24, 2.45) is 5.92 Å². The predicted molar refractivity (Wildman–Crippen MR) is 85.7 cm³/mol. The molecule has 0 bridgehead atoms. The number of carbonyl (C=O) groups is 1. The van der Waals surface area contributed by atoms with Crippen LogP contribution in [-0.4, -0.2) is 23.9 Å². The Labute approximate surface area is 134 Å². The van der Waals surface area contributed by atoms with Crippen LogP contribution in [-0.2, 0) is 5.54 Å². The Morgan fingerprint density at radius 2 is 2.24 bits per heavy atom. The van der Waals surface area contributed by atoms with Gasteiger partial charge in [0.1, 0.15) is 5.54 Å². The molecule has 1 aliphatic carbocycles. The Bertz CT molecular complexity index is 645. The maximum absolute atomic E-state index is 12.3. The van der Waals surface area contributed by atoms with E-state index >= 15 is 0 Å². The number of hydrogen-bond donors (Lipinski definition) is 1. The van der Waals surface area contributed by atoms with E-state index in [1.165, 1.54) is 0 Å². The van der Waals surface area contributed by atoms with Gasteiger partial charge in [-0.25, -0.2) is 4.79 Å². The summed E-state index contributed by atoms with van der Waals surface area (Å²) < 4.78 is 0. The number of hydrogen-bond acceptors (Lipinski definition) is 1. The van der Waals surface area contributed by atoms with Gasteiger partial charge in [-0.2, -0.15) is 0 Å². The fourth-order valence-corrected chi connectivity index (χ4v) is 3.24. The molecule has 0 aromatic heterocycles. The molecule has 21 heavy (non-hydrogen) atoms. The number of benzene rings is 1. The monoisotopic (exact) mass is 322 g/mol. The lowest BCUT2D eigenvalue weighted by atomic mass is 9.81. The summed E-state index contributed by atoms with van der Waals surface area (Å²) in [6.07, 6.45) is 2.75. The van der Waals surface area contributed by atoms with Gasteiger partial charge in [-0.15, -0.1) is 11.6 Å². The van der Waals surface area contributed by atoms with Crippen molar-refractivity contribution in [2.75, 3.05) is 18.2 Å². The number of carbonyl (C=O) groups excluding carboxylic acids is 1. The summed E-state index contributed by atoms with van der Waals surface area (Å²) in [6, 6.07) is 5.43. The molecule has 1 aromatic carbocycles. The van der Waals surface area contributed by atoms with E-state index in [9.17, 15) is 4.79 Å². The molecule has 1 aliphatic heterocycles. The van der Waals surface area contributed by atoms with E-state index in [2.05, 4.69) is 17.2 Å². The van der Waals surface area contributed by atoms with E-state index in [4.69, 9.17) is 23.2 Å². The van der Waals surface area contributed by atoms with Crippen molar-refractivity contribution in [2.45, 2.75) is 24.8 Å². The third kappa shape index (κ3) is 2.37. The number of urea groups is 1. The van der Waals surface area contributed by atoms with Crippen molar-refractivity contribution < 1.29 is 4.79 Å². The molecule has 0 saturated heterocycles. The van der Waals surface area contributed by atoms with Crippen LogP contribution in [0.25, 0.3) is 0 Å². The van der Waals surface area contributed by atoms with Crippen LogP contribution >= 0.6 is 23.2 Å². The Morgan fingerprint density at radius 3 is 2.90 bits per heavy atom. The van der Waals surface area contributed by atoms with Crippen LogP contribution < -0.4 is 5.32 Å². The van der Waals surface area contributed by atoms with Gasteiger partial charge >= 0.3 is 6.03 Å². The summed E-state index contributed by atoms with van der Waals surface area (Å²) in [5.41, 5.74) is 1.20. The SMILES string of the molecule is CN1C(=O)Nc2ccc(Cl)cc2C1(C#CCCCl)C1CC1. The number of alkyl halides is 1. The van der Waals surface area contributed by atoms with Gasteiger partial charge in [-0.3, -0.25) is 0 Å². The van der Waals surface area contributed by atoms with Gasteiger partial charge in [0.05, 0.1) is 0 Å². The lowest BCUT2D eigenvalue weighted by molar-refractivity contribution is 0.161. The van der Waals surface area contributed by atoms with Crippen LogP contribution in [0.1, 0.15) is 24.8 Å². The number of fused-ring (bicyclic) bond motifs is 1. The topological polar surface area (TPSA) is 32.3 Å². The molecule has 1 fully saturated rings. The van der Waals surface area contributed by atoms with Crippen molar-refractivity contribution in [1.82, 2.24) is 4.90 Å². The maximum Gasteiger partial charge on any atom is 0.323 e. The fourth-order valence-electron chi connectivity index (χ4n) is 2.97. The van der Waals surface area contributed by atoms with Gasteiger partial charge in [0, 0.05) is 35.6 Å². The second kappa shape index (κ2) is 5.44. The second-order valence-corrected chi connectivity index (χ2v) is 6.27. The minimum Gasteiger partial charge on any atom is -0.307 e. The Morgan fingerprint density at radius 1 is 1.48 bits per heavy atom. The van der Waals surface area contributed by atoms with Crippen LogP contribution in [0.2, 0.25) is 5.02 Å². The summed E-state index contributed by atoms with van der Waals surface area (Å²) in [6.45, 7) is 0. The molecule has 1 heterocycles. The van der Waals surface area contributed by atoms with Crippen LogP contribution in [0.3, 0.4) is 0 Å². The summed E-state index contributed by atoms with van der Waals surface area (Å²) in [7, 11) is 1.80. The highest BCUT2D eigenvalue weighted by atomic mass is 35.5. The molecule has 110 valence electrons. The minimum absolute atomic E-state index is 0.128. The Kier molecular flexibility index (Phi) is 3.77. The lowest BCUT2D eigenvalue weighted by Gasteiger charge is -2.43. The quantitative estimate of drug-likeness (QED) is 0.646. The normalized spacial score (nSPS) is 24.0. The molecular formula is C16H16Cl2N2O. The third-order valence-electron chi connectivity index (χ3n) is 4.13. The molecule has 3 rings (SSSR count). The summed E-state index contributed by atoms with van der Waals surface area (Å²) in [5, 5.41) is 3.55. The van der Waals surface area contributed by atoms with E-state index in [0.29, 0.717) is 23.2 Å². The summed E-state index contributed by atoms with van der Waals surface area (Å²) >= 11 is 11.9. The van der Waals surface area contributed by atoms with E-state index in [1.807, 2.05) is 12.1 Å². The smallest absolute Gasteiger partial charge is 0.307 e. The first kappa shape index (κ1) is 14.6. The van der Waals surface area contributed by atoms with Gasteiger partial charge < -0.3 is 10.2 Å². The maximum atomic E-state index is 12.3. The number of nitrogens with one attached hydrogen (secondary N) is 1. The van der Waals surface area contributed by atoms with Crippen molar-refractivity contribution in [3.8, 4) is 11.8 Å². The molecule has 1 aromatic rings. The summed E-state index contributed by atoms with van der Waals surface area (Å²) in [5.74, 6) is 7.31. The lowest BCUT2D eigenvalue weighted by Crippen LogP contribution is -2.53. The van der Waals surface area contributed by atoms with Gasteiger partial charge in [0.15, 0.2) is 0 Å². The van der Waals surface area contributed by atoms with Gasteiger partial charge in [-0.05, 0) is 37.0 Å². The molecule has 0 radical (unpaired) electrons. The molecule has 3 nitrogen and oxygen atoms in total. The zero-order valence-corrected chi connectivity index (χ0v) is 13.3. The molecule has 5 heteroatoms. The van der Waals surface area contributed by atoms with Crippen molar-refractivity contribution in [3.63, 3.8) is 0 Å². The average molecular weight is 323 g/mol. The molecule has 1 unspecified atom stereocenters. The van der Waals surface area contributed by atoms with E-state index in [1.54, 1.807) is 18.0 Å². The van der Waals surface area contributed by atoms with Crippen LogP contribution in [0.15, 0.2) is 18.2 Å². The van der Waals surface area contributed by atoms with Crippen LogP contribution in [0.5, 0.6) is 0 Å². The minimum atomic E-state index is -0.589. The third-order valence-corrected chi connectivity index (χ3v) is 4.56. The Balaban J connectivity index is 2.19. The molecule has 1 saturated carbocycles. The highest BCUT2D eigenvalue weighted by molar-refractivity contribution is 6.30. The molecule has 1 N–H and O–H groups in total. The van der Waals surface area contributed by atoms with Crippen molar-refractivity contribution >= 4 is 34.9 Å². The number of rotatable bonds is 2. The molecular weight excluding hydrogens is 307 g/mol. The molecule has 1 atom stereocenters. The van der Waals surface area contributed by atoms with E-state index in [-0.39, 0.29) is 6.03 Å². The number of anilines is 1. The number of halogens is 2. The summed E-state index contributed by atoms with van der Waals surface area (Å²) in [4.78, 5) is 14.0. The van der Waals surface area contributed by atoms with E-state index < -0.39 is 5.54 Å². The van der Waals surface area contributed by atoms with E-state index in [0.717, 1.165) is 24.1 Å². The largest absolute Gasteiger partial charge is 0.323 e. The zero-order valence-electron chi connectivity index (χ0n) is 11.7. The first-order valence-corrected chi connectivity index (χ1v) is 7.91. The highest BCUT2D eigenvalue weighted by Gasteiger charge is 2.53. The second-order valence-electron chi connectivity index (χ2n) is 5.46. The average Bonchev–Trinajstić information content (AvgIpc) is 3.29.